The number of ether oxygens (including phenoxy) is 1. The fraction of sp³-hybridized carbons (Fsp3) is 0.0833. The van der Waals surface area contributed by atoms with Crippen molar-refractivity contribution in [1.29, 1.82) is 0 Å². The van der Waals surface area contributed by atoms with E-state index in [0.717, 1.165) is 0 Å². The summed E-state index contributed by atoms with van der Waals surface area (Å²) in [4.78, 5) is 19.7. The van der Waals surface area contributed by atoms with Crippen LogP contribution in [0.15, 0.2) is 36.9 Å². The Labute approximate surface area is 103 Å². The van der Waals surface area contributed by atoms with Crippen LogP contribution in [0.2, 0.25) is 5.02 Å². The highest BCUT2D eigenvalue weighted by Gasteiger charge is 2.15. The second kappa shape index (κ2) is 4.93. The maximum Gasteiger partial charge on any atom is 0.199 e. The molecule has 0 unspecified atom stereocenters. The van der Waals surface area contributed by atoms with E-state index in [-0.39, 0.29) is 5.78 Å². The molecule has 0 N–H and O–H groups in total. The molecule has 86 valence electrons. The zero-order valence-corrected chi connectivity index (χ0v) is 9.81. The highest BCUT2D eigenvalue weighted by Crippen LogP contribution is 2.25. The van der Waals surface area contributed by atoms with Crippen LogP contribution in [0.25, 0.3) is 0 Å². The van der Waals surface area contributed by atoms with Crippen LogP contribution < -0.4 is 4.74 Å². The van der Waals surface area contributed by atoms with Crippen molar-refractivity contribution in [2.75, 3.05) is 7.11 Å². The molecule has 0 saturated carbocycles. The number of hydrogen-bond donors (Lipinski definition) is 0. The monoisotopic (exact) mass is 248 g/mol. The molecule has 0 fully saturated rings. The lowest BCUT2D eigenvalue weighted by molar-refractivity contribution is 0.103. The summed E-state index contributed by atoms with van der Waals surface area (Å²) in [5.41, 5.74) is 0.847. The highest BCUT2D eigenvalue weighted by atomic mass is 35.5. The Morgan fingerprint density at radius 2 is 2.00 bits per heavy atom. The third kappa shape index (κ3) is 2.42. The van der Waals surface area contributed by atoms with Gasteiger partial charge in [-0.2, -0.15) is 0 Å². The highest BCUT2D eigenvalue weighted by molar-refractivity contribution is 6.31. The number of ketones is 1. The topological polar surface area (TPSA) is 52.1 Å². The number of methoxy groups -OCH3 is 1. The largest absolute Gasteiger partial charge is 0.496 e. The molecule has 1 aromatic carbocycles. The fourth-order valence-electron chi connectivity index (χ4n) is 1.42. The van der Waals surface area contributed by atoms with Gasteiger partial charge < -0.3 is 4.74 Å². The van der Waals surface area contributed by atoms with Crippen molar-refractivity contribution >= 4 is 17.4 Å². The second-order valence-corrected chi connectivity index (χ2v) is 3.74. The smallest absolute Gasteiger partial charge is 0.199 e. The number of halogens is 1. The van der Waals surface area contributed by atoms with E-state index >= 15 is 0 Å². The van der Waals surface area contributed by atoms with Crippen LogP contribution >= 0.6 is 11.6 Å². The first-order chi connectivity index (χ1) is 8.22. The molecule has 0 radical (unpaired) electrons. The Hall–Kier alpha value is -1.94. The van der Waals surface area contributed by atoms with E-state index in [9.17, 15) is 4.79 Å². The first kappa shape index (κ1) is 11.5. The van der Waals surface area contributed by atoms with Crippen molar-refractivity contribution in [2.45, 2.75) is 0 Å². The molecule has 0 bridgehead atoms. The third-order valence-corrected chi connectivity index (χ3v) is 2.47. The summed E-state index contributed by atoms with van der Waals surface area (Å²) in [7, 11) is 1.49. The molecule has 0 aliphatic heterocycles. The quantitative estimate of drug-likeness (QED) is 0.783. The van der Waals surface area contributed by atoms with Crippen LogP contribution in [0.4, 0.5) is 0 Å². The van der Waals surface area contributed by atoms with Crippen LogP contribution in [0, 0.1) is 0 Å². The van der Waals surface area contributed by atoms with E-state index in [1.54, 1.807) is 18.2 Å². The third-order valence-electron chi connectivity index (χ3n) is 2.23. The van der Waals surface area contributed by atoms with E-state index in [2.05, 4.69) is 9.97 Å². The summed E-state index contributed by atoms with van der Waals surface area (Å²) in [5, 5.41) is 0.516. The van der Waals surface area contributed by atoms with Gasteiger partial charge in [-0.25, -0.2) is 9.97 Å². The first-order valence-corrected chi connectivity index (χ1v) is 5.23. The van der Waals surface area contributed by atoms with Gasteiger partial charge in [0.15, 0.2) is 5.78 Å². The molecule has 0 aliphatic carbocycles. The van der Waals surface area contributed by atoms with Crippen molar-refractivity contribution in [1.82, 2.24) is 9.97 Å². The molecule has 17 heavy (non-hydrogen) atoms. The normalized spacial score (nSPS) is 10.0. The van der Waals surface area contributed by atoms with E-state index in [1.165, 1.54) is 25.8 Å². The average Bonchev–Trinajstić information content (AvgIpc) is 2.39. The Balaban J connectivity index is 2.44. The number of benzene rings is 1. The van der Waals surface area contributed by atoms with E-state index in [1.807, 2.05) is 0 Å². The lowest BCUT2D eigenvalue weighted by Crippen LogP contribution is -2.04. The Morgan fingerprint density at radius 3 is 2.65 bits per heavy atom. The van der Waals surface area contributed by atoms with Crippen LogP contribution in [-0.2, 0) is 0 Å². The van der Waals surface area contributed by atoms with Crippen LogP contribution in [-0.4, -0.2) is 22.9 Å². The first-order valence-electron chi connectivity index (χ1n) is 4.85. The van der Waals surface area contributed by atoms with E-state index in [0.29, 0.717) is 21.9 Å². The van der Waals surface area contributed by atoms with Crippen molar-refractivity contribution in [3.63, 3.8) is 0 Å². The number of hydrogen-bond acceptors (Lipinski definition) is 4. The maximum absolute atomic E-state index is 12.1. The SMILES string of the molecule is COc1cc(Cl)ccc1C(=O)c1cncnc1. The van der Waals surface area contributed by atoms with Gasteiger partial charge in [0.1, 0.15) is 12.1 Å². The Kier molecular flexibility index (Phi) is 3.35. The predicted molar refractivity (Wildman–Crippen MR) is 63.5 cm³/mol. The molecule has 0 atom stereocenters. The summed E-state index contributed by atoms with van der Waals surface area (Å²) < 4.78 is 5.12. The van der Waals surface area contributed by atoms with Gasteiger partial charge in [0, 0.05) is 17.4 Å². The molecule has 1 aromatic heterocycles. The molecular formula is C12H9ClN2O2. The van der Waals surface area contributed by atoms with Gasteiger partial charge in [0.2, 0.25) is 0 Å². The van der Waals surface area contributed by atoms with Crippen molar-refractivity contribution in [2.24, 2.45) is 0 Å². The second-order valence-electron chi connectivity index (χ2n) is 3.30. The molecular weight excluding hydrogens is 240 g/mol. The van der Waals surface area contributed by atoms with Crippen molar-refractivity contribution < 1.29 is 9.53 Å². The van der Waals surface area contributed by atoms with Crippen molar-refractivity contribution in [3.05, 3.63) is 53.1 Å². The van der Waals surface area contributed by atoms with Gasteiger partial charge in [-0.1, -0.05) is 11.6 Å². The van der Waals surface area contributed by atoms with Gasteiger partial charge in [-0.05, 0) is 18.2 Å². The van der Waals surface area contributed by atoms with E-state index in [4.69, 9.17) is 16.3 Å². The molecule has 4 nitrogen and oxygen atoms in total. The number of carbonyl (C=O) groups excluding carboxylic acids is 1. The average molecular weight is 249 g/mol. The lowest BCUT2D eigenvalue weighted by Gasteiger charge is -2.07. The predicted octanol–water partition coefficient (Wildman–Crippen LogP) is 2.37. The number of carbonyl (C=O) groups is 1. The van der Waals surface area contributed by atoms with Gasteiger partial charge in [0.25, 0.3) is 0 Å². The molecule has 0 aliphatic rings. The summed E-state index contributed by atoms with van der Waals surface area (Å²) in [5.74, 6) is 0.241. The molecule has 0 spiro atoms. The van der Waals surface area contributed by atoms with Crippen LogP contribution in [0.5, 0.6) is 5.75 Å². The maximum atomic E-state index is 12.1. The minimum Gasteiger partial charge on any atom is -0.496 e. The summed E-state index contributed by atoms with van der Waals surface area (Å²) in [6.45, 7) is 0. The Bertz CT molecular complexity index is 543. The van der Waals surface area contributed by atoms with Gasteiger partial charge in [-0.15, -0.1) is 0 Å². The molecule has 0 saturated heterocycles. The Morgan fingerprint density at radius 1 is 1.29 bits per heavy atom. The van der Waals surface area contributed by atoms with Crippen LogP contribution in [0.3, 0.4) is 0 Å². The lowest BCUT2D eigenvalue weighted by atomic mass is 10.1. The standard InChI is InChI=1S/C12H9ClN2O2/c1-17-11-4-9(13)2-3-10(11)12(16)8-5-14-7-15-6-8/h2-7H,1H3. The van der Waals surface area contributed by atoms with Gasteiger partial charge >= 0.3 is 0 Å². The fourth-order valence-corrected chi connectivity index (χ4v) is 1.59. The molecule has 0 amide bonds. The summed E-state index contributed by atoms with van der Waals surface area (Å²) in [6, 6.07) is 4.86. The van der Waals surface area contributed by atoms with Gasteiger partial charge in [-0.3, -0.25) is 4.79 Å². The molecule has 1 heterocycles. The minimum atomic E-state index is -0.195. The zero-order chi connectivity index (χ0) is 12.3. The molecule has 2 rings (SSSR count). The van der Waals surface area contributed by atoms with Crippen molar-refractivity contribution in [3.8, 4) is 5.75 Å². The molecule has 2 aromatic rings. The number of rotatable bonds is 3. The minimum absolute atomic E-state index is 0.195. The number of nitrogens with zero attached hydrogens (tertiary/aromatic N) is 2. The summed E-state index contributed by atoms with van der Waals surface area (Å²) >= 11 is 5.83. The van der Waals surface area contributed by atoms with Crippen LogP contribution in [0.1, 0.15) is 15.9 Å². The van der Waals surface area contributed by atoms with Gasteiger partial charge in [0.05, 0.1) is 18.2 Å². The summed E-state index contributed by atoms with van der Waals surface area (Å²) in [6.07, 6.45) is 4.29. The zero-order valence-electron chi connectivity index (χ0n) is 9.05. The van der Waals surface area contributed by atoms with E-state index < -0.39 is 0 Å². The molecule has 5 heteroatoms. The number of aromatic nitrogens is 2.